The quantitative estimate of drug-likeness (QED) is 0.849. The summed E-state index contributed by atoms with van der Waals surface area (Å²) in [4.78, 5) is 16.7. The van der Waals surface area contributed by atoms with Crippen LogP contribution in [0, 0.1) is 5.92 Å². The molecule has 1 aromatic heterocycles. The summed E-state index contributed by atoms with van der Waals surface area (Å²) in [5.74, 6) is 0.439. The van der Waals surface area contributed by atoms with Crippen LogP contribution in [0.4, 0.5) is 10.8 Å². The summed E-state index contributed by atoms with van der Waals surface area (Å²) in [6.45, 7) is 2.54. The summed E-state index contributed by atoms with van der Waals surface area (Å²) in [5, 5.41) is 3.42. The first kappa shape index (κ1) is 14.1. The van der Waals surface area contributed by atoms with E-state index in [2.05, 4.69) is 10.3 Å². The molecule has 1 fully saturated rings. The number of hydrogen-bond acceptors (Lipinski definition) is 6. The summed E-state index contributed by atoms with van der Waals surface area (Å²) in [6, 6.07) is 3.55. The molecular weight excluding hydrogens is 290 g/mol. The highest BCUT2D eigenvalue weighted by Gasteiger charge is 2.31. The fourth-order valence-corrected chi connectivity index (χ4v) is 3.44. The molecule has 7 heteroatoms. The van der Waals surface area contributed by atoms with Gasteiger partial charge in [-0.15, -0.1) is 0 Å². The number of rotatable bonds is 3. The molecular formula is C14H17N3O3S. The first-order valence-electron chi connectivity index (χ1n) is 6.75. The monoisotopic (exact) mass is 307 g/mol. The smallest absolute Gasteiger partial charge is 0.231 e. The van der Waals surface area contributed by atoms with Crippen molar-refractivity contribution in [2.75, 3.05) is 24.8 Å². The van der Waals surface area contributed by atoms with Gasteiger partial charge < -0.3 is 20.5 Å². The zero-order valence-corrected chi connectivity index (χ0v) is 12.7. The number of thiazole rings is 1. The van der Waals surface area contributed by atoms with Crippen molar-refractivity contribution in [1.82, 2.24) is 4.98 Å². The van der Waals surface area contributed by atoms with Gasteiger partial charge in [-0.3, -0.25) is 4.79 Å². The van der Waals surface area contributed by atoms with Gasteiger partial charge in [-0.2, -0.15) is 0 Å². The molecule has 0 spiro atoms. The first-order valence-corrected chi connectivity index (χ1v) is 7.56. The summed E-state index contributed by atoms with van der Waals surface area (Å²) >= 11 is 1.39. The molecule has 6 nitrogen and oxygen atoms in total. The van der Waals surface area contributed by atoms with Crippen molar-refractivity contribution in [2.24, 2.45) is 5.92 Å². The minimum atomic E-state index is -0.121. The largest absolute Gasteiger partial charge is 0.494 e. The third-order valence-corrected chi connectivity index (χ3v) is 4.56. The first-order chi connectivity index (χ1) is 10.1. The number of nitrogens with two attached hydrogens (primary N) is 1. The molecule has 1 saturated heterocycles. The van der Waals surface area contributed by atoms with Gasteiger partial charge in [-0.25, -0.2) is 4.98 Å². The Bertz CT molecular complexity index is 685. The molecule has 0 aliphatic carbocycles. The van der Waals surface area contributed by atoms with Gasteiger partial charge in [-0.1, -0.05) is 11.3 Å². The third kappa shape index (κ3) is 2.66. The minimum Gasteiger partial charge on any atom is -0.494 e. The molecule has 0 bridgehead atoms. The van der Waals surface area contributed by atoms with Crippen LogP contribution < -0.4 is 15.8 Å². The Kier molecular flexibility index (Phi) is 3.69. The maximum absolute atomic E-state index is 12.2. The van der Waals surface area contributed by atoms with E-state index in [1.807, 2.05) is 13.0 Å². The summed E-state index contributed by atoms with van der Waals surface area (Å²) in [6.07, 6.45) is 0.693. The highest BCUT2D eigenvalue weighted by molar-refractivity contribution is 7.22. The fourth-order valence-electron chi connectivity index (χ4n) is 2.50. The van der Waals surface area contributed by atoms with Crippen molar-refractivity contribution in [2.45, 2.75) is 19.4 Å². The average Bonchev–Trinajstić information content (AvgIpc) is 3.03. The lowest BCUT2D eigenvalue weighted by molar-refractivity contribution is -0.121. The van der Waals surface area contributed by atoms with Gasteiger partial charge in [0.2, 0.25) is 5.91 Å². The summed E-state index contributed by atoms with van der Waals surface area (Å²) < 4.78 is 11.6. The molecule has 2 atom stereocenters. The fraction of sp³-hybridized carbons (Fsp3) is 0.429. The Hall–Kier alpha value is -1.86. The zero-order valence-electron chi connectivity index (χ0n) is 11.9. The number of anilines is 2. The Morgan fingerprint density at radius 2 is 2.38 bits per heavy atom. The van der Waals surface area contributed by atoms with Gasteiger partial charge in [0.15, 0.2) is 5.13 Å². The number of aromatic nitrogens is 1. The number of fused-ring (bicyclic) bond motifs is 1. The van der Waals surface area contributed by atoms with Crippen molar-refractivity contribution in [3.63, 3.8) is 0 Å². The van der Waals surface area contributed by atoms with Crippen molar-refractivity contribution < 1.29 is 14.3 Å². The second-order valence-electron chi connectivity index (χ2n) is 5.05. The summed E-state index contributed by atoms with van der Waals surface area (Å²) in [7, 11) is 1.57. The second-order valence-corrected chi connectivity index (χ2v) is 6.08. The molecule has 2 heterocycles. The van der Waals surface area contributed by atoms with Crippen LogP contribution in [-0.4, -0.2) is 30.7 Å². The van der Waals surface area contributed by atoms with Gasteiger partial charge in [0.25, 0.3) is 0 Å². The molecule has 0 saturated carbocycles. The lowest BCUT2D eigenvalue weighted by Crippen LogP contribution is -2.27. The maximum atomic E-state index is 12.2. The minimum absolute atomic E-state index is 0.0500. The van der Waals surface area contributed by atoms with Crippen LogP contribution in [0.15, 0.2) is 12.1 Å². The average molecular weight is 307 g/mol. The molecule has 3 rings (SSSR count). The predicted octanol–water partition coefficient (Wildman–Crippen LogP) is 2.25. The highest BCUT2D eigenvalue weighted by Crippen LogP contribution is 2.35. The van der Waals surface area contributed by atoms with Gasteiger partial charge in [0.1, 0.15) is 11.3 Å². The van der Waals surface area contributed by atoms with Gasteiger partial charge in [-0.05, 0) is 19.4 Å². The number of carbonyl (C=O) groups is 1. The van der Waals surface area contributed by atoms with E-state index in [0.29, 0.717) is 28.7 Å². The third-order valence-electron chi connectivity index (χ3n) is 3.65. The number of nitrogen functional groups attached to an aromatic ring is 1. The van der Waals surface area contributed by atoms with Crippen LogP contribution in [0.25, 0.3) is 10.2 Å². The van der Waals surface area contributed by atoms with E-state index >= 15 is 0 Å². The van der Waals surface area contributed by atoms with E-state index in [1.54, 1.807) is 13.2 Å². The van der Waals surface area contributed by atoms with E-state index in [4.69, 9.17) is 15.2 Å². The number of nitrogens with zero attached hydrogens (tertiary/aromatic N) is 1. The number of hydrogen-bond donors (Lipinski definition) is 2. The van der Waals surface area contributed by atoms with Crippen molar-refractivity contribution in [1.29, 1.82) is 0 Å². The van der Waals surface area contributed by atoms with Gasteiger partial charge in [0.05, 0.1) is 23.8 Å². The molecule has 1 aliphatic rings. The second kappa shape index (κ2) is 5.50. The number of nitrogens with one attached hydrogen (secondary N) is 1. The Morgan fingerprint density at radius 3 is 3.05 bits per heavy atom. The number of benzene rings is 1. The highest BCUT2D eigenvalue weighted by atomic mass is 32.1. The lowest BCUT2D eigenvalue weighted by Gasteiger charge is -2.12. The molecule has 1 aliphatic heterocycles. The molecule has 1 aromatic carbocycles. The van der Waals surface area contributed by atoms with E-state index in [1.165, 1.54) is 11.3 Å². The number of amides is 1. The standard InChI is InChI=1S/C14H17N3O3S/c1-7-9(3-4-20-7)13(18)17-14-16-12-10(19-2)5-8(15)6-11(12)21-14/h5-7,9H,3-4,15H2,1-2H3,(H,16,17,18). The normalized spacial score (nSPS) is 21.6. The molecule has 3 N–H and O–H groups in total. The Morgan fingerprint density at radius 1 is 1.57 bits per heavy atom. The van der Waals surface area contributed by atoms with Gasteiger partial charge >= 0.3 is 0 Å². The van der Waals surface area contributed by atoms with Crippen molar-refractivity contribution in [3.8, 4) is 5.75 Å². The zero-order chi connectivity index (χ0) is 15.0. The van der Waals surface area contributed by atoms with Gasteiger partial charge in [0, 0.05) is 18.4 Å². The van der Waals surface area contributed by atoms with Crippen LogP contribution in [0.3, 0.4) is 0 Å². The van der Waals surface area contributed by atoms with Crippen molar-refractivity contribution in [3.05, 3.63) is 12.1 Å². The molecule has 2 unspecified atom stereocenters. The molecule has 1 amide bonds. The van der Waals surface area contributed by atoms with E-state index in [-0.39, 0.29) is 17.9 Å². The van der Waals surface area contributed by atoms with E-state index in [9.17, 15) is 4.79 Å². The molecule has 2 aromatic rings. The van der Waals surface area contributed by atoms with Crippen LogP contribution in [0.5, 0.6) is 5.75 Å². The Balaban J connectivity index is 1.86. The molecule has 112 valence electrons. The predicted molar refractivity (Wildman–Crippen MR) is 82.7 cm³/mol. The lowest BCUT2D eigenvalue weighted by atomic mass is 10.0. The van der Waals surface area contributed by atoms with Crippen LogP contribution >= 0.6 is 11.3 Å². The molecule has 21 heavy (non-hydrogen) atoms. The summed E-state index contributed by atoms with van der Waals surface area (Å²) in [5.41, 5.74) is 7.14. The van der Waals surface area contributed by atoms with Crippen molar-refractivity contribution >= 4 is 38.3 Å². The maximum Gasteiger partial charge on any atom is 0.231 e. The number of carbonyl (C=O) groups excluding carboxylic acids is 1. The van der Waals surface area contributed by atoms with E-state index < -0.39 is 0 Å². The SMILES string of the molecule is COc1cc(N)cc2sc(NC(=O)C3CCOC3C)nc12. The van der Waals surface area contributed by atoms with Crippen LogP contribution in [0.1, 0.15) is 13.3 Å². The van der Waals surface area contributed by atoms with E-state index in [0.717, 1.165) is 11.1 Å². The topological polar surface area (TPSA) is 86.5 Å². The number of ether oxygens (including phenoxy) is 2. The van der Waals surface area contributed by atoms with Crippen LogP contribution in [-0.2, 0) is 9.53 Å². The molecule has 0 radical (unpaired) electrons. The Labute approximate surface area is 126 Å². The van der Waals surface area contributed by atoms with Crippen LogP contribution in [0.2, 0.25) is 0 Å². The number of methoxy groups -OCH3 is 1.